The van der Waals surface area contributed by atoms with Crippen molar-refractivity contribution in [1.82, 2.24) is 14.5 Å². The molecule has 0 bridgehead atoms. The summed E-state index contributed by atoms with van der Waals surface area (Å²) in [6.07, 6.45) is 6.57. The van der Waals surface area contributed by atoms with Gasteiger partial charge in [0.2, 0.25) is 0 Å². The molecule has 0 saturated carbocycles. The first-order chi connectivity index (χ1) is 16.4. The molecule has 1 unspecified atom stereocenters. The van der Waals surface area contributed by atoms with Crippen LogP contribution in [0.4, 0.5) is 0 Å². The zero-order chi connectivity index (χ0) is 24.1. The number of aliphatic carboxylic acids is 1. The number of carbonyl (C=O) groups is 1. The van der Waals surface area contributed by atoms with Crippen LogP contribution in [-0.4, -0.2) is 38.6 Å². The Hall–Kier alpha value is -3.43. The number of rotatable bonds is 8. The molecule has 0 aliphatic carbocycles. The van der Waals surface area contributed by atoms with Crippen molar-refractivity contribution in [2.45, 2.75) is 52.1 Å². The average molecular weight is 457 g/mol. The third-order valence-corrected chi connectivity index (χ3v) is 7.18. The largest absolute Gasteiger partial charge is 0.481 e. The van der Waals surface area contributed by atoms with Crippen LogP contribution in [0.1, 0.15) is 60.2 Å². The number of hydrogen-bond donors (Lipinski definition) is 1. The van der Waals surface area contributed by atoms with Crippen LogP contribution in [0.25, 0.3) is 0 Å². The quantitative estimate of drug-likeness (QED) is 0.517. The van der Waals surface area contributed by atoms with E-state index < -0.39 is 11.4 Å². The predicted octanol–water partition coefficient (Wildman–Crippen LogP) is 4.97. The van der Waals surface area contributed by atoms with Gasteiger partial charge < -0.3 is 9.67 Å². The number of aryl methyl sites for hydroxylation is 1. The molecule has 1 N–H and O–H groups in total. The van der Waals surface area contributed by atoms with E-state index in [-0.39, 0.29) is 6.04 Å². The van der Waals surface area contributed by atoms with Gasteiger partial charge in [0.1, 0.15) is 0 Å². The van der Waals surface area contributed by atoms with E-state index in [1.807, 2.05) is 61.9 Å². The third kappa shape index (κ3) is 5.05. The molecule has 1 aliphatic rings. The second-order valence-electron chi connectivity index (χ2n) is 9.47. The fraction of sp³-hybridized carbons (Fsp3) is 0.393. The van der Waals surface area contributed by atoms with Gasteiger partial charge in [-0.1, -0.05) is 48.9 Å². The Morgan fingerprint density at radius 1 is 1.18 bits per heavy atom. The van der Waals surface area contributed by atoms with E-state index in [4.69, 9.17) is 5.26 Å². The van der Waals surface area contributed by atoms with Crippen molar-refractivity contribution in [1.29, 1.82) is 5.26 Å². The van der Waals surface area contributed by atoms with Gasteiger partial charge in [0, 0.05) is 12.7 Å². The molecule has 1 atom stereocenters. The highest BCUT2D eigenvalue weighted by atomic mass is 16.4. The van der Waals surface area contributed by atoms with Gasteiger partial charge in [-0.15, -0.1) is 0 Å². The zero-order valence-corrected chi connectivity index (χ0v) is 19.9. The van der Waals surface area contributed by atoms with E-state index in [0.29, 0.717) is 31.4 Å². The minimum absolute atomic E-state index is 0.187. The van der Waals surface area contributed by atoms with Crippen molar-refractivity contribution in [3.05, 3.63) is 89.0 Å². The molecular formula is C28H32N4O2. The fourth-order valence-corrected chi connectivity index (χ4v) is 5.22. The molecule has 2 aromatic carbocycles. The van der Waals surface area contributed by atoms with Crippen molar-refractivity contribution in [2.75, 3.05) is 13.1 Å². The van der Waals surface area contributed by atoms with Crippen LogP contribution >= 0.6 is 0 Å². The molecule has 1 aromatic heterocycles. The zero-order valence-electron chi connectivity index (χ0n) is 19.9. The first-order valence-electron chi connectivity index (χ1n) is 12.0. The molecule has 176 valence electrons. The van der Waals surface area contributed by atoms with Crippen LogP contribution in [0.3, 0.4) is 0 Å². The number of nitriles is 1. The summed E-state index contributed by atoms with van der Waals surface area (Å²) in [6, 6.07) is 18.2. The minimum atomic E-state index is -0.717. The summed E-state index contributed by atoms with van der Waals surface area (Å²) in [7, 11) is 0. The monoisotopic (exact) mass is 456 g/mol. The maximum absolute atomic E-state index is 12.4. The minimum Gasteiger partial charge on any atom is -0.481 e. The highest BCUT2D eigenvalue weighted by molar-refractivity contribution is 5.75. The van der Waals surface area contributed by atoms with Crippen molar-refractivity contribution in [3.63, 3.8) is 0 Å². The lowest BCUT2D eigenvalue weighted by Crippen LogP contribution is -2.47. The highest BCUT2D eigenvalue weighted by Crippen LogP contribution is 2.39. The number of benzene rings is 2. The number of aromatic nitrogens is 2. The van der Waals surface area contributed by atoms with E-state index in [1.165, 1.54) is 0 Å². The Morgan fingerprint density at radius 3 is 2.53 bits per heavy atom. The average Bonchev–Trinajstić information content (AvgIpc) is 3.29. The highest BCUT2D eigenvalue weighted by Gasteiger charge is 2.43. The van der Waals surface area contributed by atoms with E-state index in [9.17, 15) is 9.90 Å². The summed E-state index contributed by atoms with van der Waals surface area (Å²) in [5.41, 5.74) is 4.47. The number of carboxylic acid groups (broad SMARTS) is 1. The van der Waals surface area contributed by atoms with Crippen molar-refractivity contribution < 1.29 is 9.90 Å². The molecule has 34 heavy (non-hydrogen) atoms. The van der Waals surface area contributed by atoms with E-state index in [2.05, 4.69) is 33.5 Å². The van der Waals surface area contributed by atoms with Gasteiger partial charge in [-0.2, -0.15) is 5.26 Å². The van der Waals surface area contributed by atoms with Gasteiger partial charge >= 0.3 is 5.97 Å². The van der Waals surface area contributed by atoms with Gasteiger partial charge in [-0.25, -0.2) is 4.98 Å². The Morgan fingerprint density at radius 2 is 1.91 bits per heavy atom. The molecule has 1 fully saturated rings. The number of carboxylic acids is 1. The van der Waals surface area contributed by atoms with Gasteiger partial charge in [0.15, 0.2) is 0 Å². The molecule has 0 amide bonds. The molecule has 3 aromatic rings. The van der Waals surface area contributed by atoms with E-state index in [1.54, 1.807) is 0 Å². The standard InChI is InChI=1S/C28H32N4O2/c1-3-25(26-18-30-20-32(26)19-23-9-7-22(17-29)8-10-23)31-13-11-28(12-14-31,27(33)34)16-24-6-4-5-21(2)15-24/h4-10,15,18,20,25H,3,11-14,16,19H2,1-2H3,(H,33,34). The number of likely N-dealkylation sites (tertiary alicyclic amines) is 1. The smallest absolute Gasteiger partial charge is 0.310 e. The summed E-state index contributed by atoms with van der Waals surface area (Å²) < 4.78 is 2.17. The Bertz CT molecular complexity index is 1170. The first-order valence-corrected chi connectivity index (χ1v) is 12.0. The van der Waals surface area contributed by atoms with Crippen LogP contribution < -0.4 is 0 Å². The molecule has 4 rings (SSSR count). The molecule has 0 radical (unpaired) electrons. The number of nitrogens with zero attached hydrogens (tertiary/aromatic N) is 4. The Labute approximate surface area is 201 Å². The Balaban J connectivity index is 1.48. The molecule has 1 aliphatic heterocycles. The van der Waals surface area contributed by atoms with Crippen molar-refractivity contribution >= 4 is 5.97 Å². The molecular weight excluding hydrogens is 424 g/mol. The number of hydrogen-bond acceptors (Lipinski definition) is 4. The lowest BCUT2D eigenvalue weighted by molar-refractivity contribution is -0.152. The summed E-state index contributed by atoms with van der Waals surface area (Å²) in [5, 5.41) is 19.2. The molecule has 6 nitrogen and oxygen atoms in total. The maximum atomic E-state index is 12.4. The number of piperidine rings is 1. The molecule has 2 heterocycles. The summed E-state index contributed by atoms with van der Waals surface area (Å²) >= 11 is 0. The second-order valence-corrected chi connectivity index (χ2v) is 9.47. The topological polar surface area (TPSA) is 82.2 Å². The van der Waals surface area contributed by atoms with E-state index >= 15 is 0 Å². The predicted molar refractivity (Wildman–Crippen MR) is 131 cm³/mol. The second kappa shape index (κ2) is 10.2. The van der Waals surface area contributed by atoms with Crippen molar-refractivity contribution in [2.24, 2.45) is 5.41 Å². The summed E-state index contributed by atoms with van der Waals surface area (Å²) in [5.74, 6) is -0.687. The van der Waals surface area contributed by atoms with Crippen LogP contribution in [0.2, 0.25) is 0 Å². The summed E-state index contributed by atoms with van der Waals surface area (Å²) in [6.45, 7) is 6.41. The van der Waals surface area contributed by atoms with Crippen molar-refractivity contribution in [3.8, 4) is 6.07 Å². The van der Waals surface area contributed by atoms with Gasteiger partial charge in [-0.3, -0.25) is 9.69 Å². The van der Waals surface area contributed by atoms with Crippen LogP contribution in [0.5, 0.6) is 0 Å². The molecule has 0 spiro atoms. The van der Waals surface area contributed by atoms with Crippen LogP contribution in [0.15, 0.2) is 61.1 Å². The van der Waals surface area contributed by atoms with Gasteiger partial charge in [-0.05, 0) is 69.0 Å². The van der Waals surface area contributed by atoms with Gasteiger partial charge in [0.05, 0.1) is 35.1 Å². The number of imidazole rings is 1. The maximum Gasteiger partial charge on any atom is 0.310 e. The lowest BCUT2D eigenvalue weighted by atomic mass is 9.73. The fourth-order valence-electron chi connectivity index (χ4n) is 5.22. The third-order valence-electron chi connectivity index (χ3n) is 7.18. The molecule has 1 saturated heterocycles. The first kappa shape index (κ1) is 23.7. The summed E-state index contributed by atoms with van der Waals surface area (Å²) in [4.78, 5) is 19.2. The Kier molecular flexibility index (Phi) is 7.14. The molecule has 6 heteroatoms. The lowest BCUT2D eigenvalue weighted by Gasteiger charge is -2.42. The SMILES string of the molecule is CCC(c1cncn1Cc1ccc(C#N)cc1)N1CCC(Cc2cccc(C)c2)(C(=O)O)CC1. The van der Waals surface area contributed by atoms with Gasteiger partial charge in [0.25, 0.3) is 0 Å². The van der Waals surface area contributed by atoms with E-state index in [0.717, 1.165) is 41.9 Å². The normalized spacial score (nSPS) is 16.6. The van der Waals surface area contributed by atoms with Crippen LogP contribution in [-0.2, 0) is 17.8 Å². The van der Waals surface area contributed by atoms with Crippen LogP contribution in [0, 0.1) is 23.7 Å².